The second kappa shape index (κ2) is 7.39. The van der Waals surface area contributed by atoms with Gasteiger partial charge in [0, 0.05) is 17.5 Å². The van der Waals surface area contributed by atoms with Crippen LogP contribution in [0.1, 0.15) is 37.8 Å². The second-order valence-electron chi connectivity index (χ2n) is 5.05. The van der Waals surface area contributed by atoms with Crippen molar-refractivity contribution in [1.29, 1.82) is 0 Å². The third kappa shape index (κ3) is 5.52. The lowest BCUT2D eigenvalue weighted by Crippen LogP contribution is -2.30. The molecule has 0 aromatic heterocycles. The summed E-state index contributed by atoms with van der Waals surface area (Å²) in [5.74, 6) is 0.880. The number of nitrogens with one attached hydrogen (secondary N) is 1. The van der Waals surface area contributed by atoms with Crippen molar-refractivity contribution in [2.75, 3.05) is 6.61 Å². The molecule has 106 valence electrons. The van der Waals surface area contributed by atoms with Crippen LogP contribution in [0.25, 0.3) is 0 Å². The Morgan fingerprint density at radius 1 is 1.32 bits per heavy atom. The number of rotatable bonds is 6. The predicted octanol–water partition coefficient (Wildman–Crippen LogP) is 3.64. The Morgan fingerprint density at radius 3 is 2.42 bits per heavy atom. The topological polar surface area (TPSA) is 38.3 Å². The van der Waals surface area contributed by atoms with Crippen molar-refractivity contribution >= 4 is 17.5 Å². The SMILES string of the molecule is Cc1cc(OCCCC(=O)NC(C)C)cc(C)c1Cl. The summed E-state index contributed by atoms with van der Waals surface area (Å²) < 4.78 is 5.64. The minimum atomic E-state index is 0.0714. The fraction of sp³-hybridized carbons (Fsp3) is 0.533. The number of amides is 1. The highest BCUT2D eigenvalue weighted by Gasteiger charge is 2.05. The van der Waals surface area contributed by atoms with E-state index in [1.807, 2.05) is 39.8 Å². The zero-order valence-electron chi connectivity index (χ0n) is 12.0. The maximum atomic E-state index is 11.4. The molecule has 1 aromatic carbocycles. The van der Waals surface area contributed by atoms with Gasteiger partial charge in [-0.05, 0) is 57.4 Å². The van der Waals surface area contributed by atoms with Crippen molar-refractivity contribution in [2.45, 2.75) is 46.6 Å². The Bertz CT molecular complexity index is 421. The van der Waals surface area contributed by atoms with Crippen LogP contribution in [0.15, 0.2) is 12.1 Å². The number of carbonyl (C=O) groups excluding carboxylic acids is 1. The lowest BCUT2D eigenvalue weighted by Gasteiger charge is -2.11. The summed E-state index contributed by atoms with van der Waals surface area (Å²) in [6.07, 6.45) is 1.20. The van der Waals surface area contributed by atoms with Crippen molar-refractivity contribution in [3.05, 3.63) is 28.3 Å². The molecule has 0 unspecified atom stereocenters. The first-order valence-electron chi connectivity index (χ1n) is 6.59. The number of ether oxygens (including phenoxy) is 1. The van der Waals surface area contributed by atoms with E-state index >= 15 is 0 Å². The van der Waals surface area contributed by atoms with Gasteiger partial charge in [-0.2, -0.15) is 0 Å². The molecule has 1 rings (SSSR count). The van der Waals surface area contributed by atoms with Gasteiger partial charge in [-0.1, -0.05) is 11.6 Å². The summed E-state index contributed by atoms with van der Waals surface area (Å²) in [7, 11) is 0. The van der Waals surface area contributed by atoms with Crippen LogP contribution in [0, 0.1) is 13.8 Å². The Balaban J connectivity index is 2.36. The summed E-state index contributed by atoms with van der Waals surface area (Å²) in [6, 6.07) is 4.03. The van der Waals surface area contributed by atoms with Gasteiger partial charge in [0.2, 0.25) is 5.91 Å². The Labute approximate surface area is 120 Å². The molecule has 1 N–H and O–H groups in total. The summed E-state index contributed by atoms with van der Waals surface area (Å²) in [4.78, 5) is 11.4. The van der Waals surface area contributed by atoms with E-state index in [2.05, 4.69) is 5.32 Å². The maximum Gasteiger partial charge on any atom is 0.220 e. The van der Waals surface area contributed by atoms with Crippen LogP contribution in [0.4, 0.5) is 0 Å². The average molecular weight is 284 g/mol. The summed E-state index contributed by atoms with van der Waals surface area (Å²) in [5, 5.41) is 3.64. The Hall–Kier alpha value is -1.22. The zero-order valence-corrected chi connectivity index (χ0v) is 12.8. The molecule has 0 bridgehead atoms. The number of aryl methyl sites for hydroxylation is 2. The molecule has 3 nitrogen and oxygen atoms in total. The molecule has 0 aliphatic heterocycles. The lowest BCUT2D eigenvalue weighted by molar-refractivity contribution is -0.121. The maximum absolute atomic E-state index is 11.4. The van der Waals surface area contributed by atoms with Gasteiger partial charge in [0.25, 0.3) is 0 Å². The monoisotopic (exact) mass is 283 g/mol. The van der Waals surface area contributed by atoms with Crippen molar-refractivity contribution in [3.63, 3.8) is 0 Å². The normalized spacial score (nSPS) is 10.6. The van der Waals surface area contributed by atoms with Crippen LogP contribution in [0.2, 0.25) is 5.02 Å². The van der Waals surface area contributed by atoms with Crippen LogP contribution < -0.4 is 10.1 Å². The van der Waals surface area contributed by atoms with Gasteiger partial charge in [-0.15, -0.1) is 0 Å². The fourth-order valence-electron chi connectivity index (χ4n) is 1.81. The lowest BCUT2D eigenvalue weighted by atomic mass is 10.1. The van der Waals surface area contributed by atoms with Crippen molar-refractivity contribution in [3.8, 4) is 5.75 Å². The highest BCUT2D eigenvalue weighted by Crippen LogP contribution is 2.25. The standard InChI is InChI=1S/C15H22ClNO2/c1-10(2)17-14(18)6-5-7-19-13-8-11(3)15(16)12(4)9-13/h8-10H,5-7H2,1-4H3,(H,17,18). The van der Waals surface area contributed by atoms with E-state index in [4.69, 9.17) is 16.3 Å². The van der Waals surface area contributed by atoms with Crippen molar-refractivity contribution < 1.29 is 9.53 Å². The summed E-state index contributed by atoms with van der Waals surface area (Å²) >= 11 is 6.09. The molecule has 0 heterocycles. The fourth-order valence-corrected chi connectivity index (χ4v) is 1.92. The van der Waals surface area contributed by atoms with Gasteiger partial charge < -0.3 is 10.1 Å². The first-order chi connectivity index (χ1) is 8.90. The third-order valence-electron chi connectivity index (χ3n) is 2.68. The highest BCUT2D eigenvalue weighted by atomic mass is 35.5. The van der Waals surface area contributed by atoms with E-state index < -0.39 is 0 Å². The molecular formula is C15H22ClNO2. The van der Waals surface area contributed by atoms with Crippen LogP contribution in [-0.4, -0.2) is 18.6 Å². The number of halogens is 1. The van der Waals surface area contributed by atoms with Crippen LogP contribution in [0.5, 0.6) is 5.75 Å². The molecule has 0 saturated heterocycles. The van der Waals surface area contributed by atoms with E-state index in [1.54, 1.807) is 0 Å². The largest absolute Gasteiger partial charge is 0.494 e. The molecule has 19 heavy (non-hydrogen) atoms. The first kappa shape index (κ1) is 15.8. The van der Waals surface area contributed by atoms with Crippen LogP contribution >= 0.6 is 11.6 Å². The summed E-state index contributed by atoms with van der Waals surface area (Å²) in [6.45, 7) is 8.35. The molecule has 0 fully saturated rings. The van der Waals surface area contributed by atoms with E-state index in [0.717, 1.165) is 21.9 Å². The molecule has 1 amide bonds. The van der Waals surface area contributed by atoms with E-state index in [1.165, 1.54) is 0 Å². The number of benzene rings is 1. The molecule has 0 atom stereocenters. The number of carbonyl (C=O) groups is 1. The van der Waals surface area contributed by atoms with E-state index in [-0.39, 0.29) is 11.9 Å². The van der Waals surface area contributed by atoms with Gasteiger partial charge in [0.15, 0.2) is 0 Å². The number of hydrogen-bond acceptors (Lipinski definition) is 2. The molecule has 0 aliphatic carbocycles. The van der Waals surface area contributed by atoms with Gasteiger partial charge in [-0.25, -0.2) is 0 Å². The molecule has 0 spiro atoms. The molecule has 0 radical (unpaired) electrons. The second-order valence-corrected chi connectivity index (χ2v) is 5.42. The van der Waals surface area contributed by atoms with Crippen molar-refractivity contribution in [1.82, 2.24) is 5.32 Å². The average Bonchev–Trinajstić information content (AvgIpc) is 2.30. The smallest absolute Gasteiger partial charge is 0.220 e. The molecule has 0 saturated carbocycles. The van der Waals surface area contributed by atoms with Crippen LogP contribution in [0.3, 0.4) is 0 Å². The van der Waals surface area contributed by atoms with Gasteiger partial charge in [-0.3, -0.25) is 4.79 Å². The Morgan fingerprint density at radius 2 is 1.89 bits per heavy atom. The number of hydrogen-bond donors (Lipinski definition) is 1. The first-order valence-corrected chi connectivity index (χ1v) is 6.97. The zero-order chi connectivity index (χ0) is 14.4. The van der Waals surface area contributed by atoms with Gasteiger partial charge in [0.1, 0.15) is 5.75 Å². The predicted molar refractivity (Wildman–Crippen MR) is 78.9 cm³/mol. The van der Waals surface area contributed by atoms with Gasteiger partial charge >= 0.3 is 0 Å². The van der Waals surface area contributed by atoms with Crippen molar-refractivity contribution in [2.24, 2.45) is 0 Å². The highest BCUT2D eigenvalue weighted by molar-refractivity contribution is 6.32. The van der Waals surface area contributed by atoms with E-state index in [0.29, 0.717) is 19.4 Å². The van der Waals surface area contributed by atoms with E-state index in [9.17, 15) is 4.79 Å². The quantitative estimate of drug-likeness (QED) is 0.810. The Kier molecular flexibility index (Phi) is 6.16. The minimum Gasteiger partial charge on any atom is -0.494 e. The summed E-state index contributed by atoms with van der Waals surface area (Å²) in [5.41, 5.74) is 2.02. The minimum absolute atomic E-state index is 0.0714. The third-order valence-corrected chi connectivity index (χ3v) is 3.27. The molecule has 1 aromatic rings. The molecule has 0 aliphatic rings. The van der Waals surface area contributed by atoms with Crippen LogP contribution in [-0.2, 0) is 4.79 Å². The van der Waals surface area contributed by atoms with Gasteiger partial charge in [0.05, 0.1) is 6.61 Å². The molecular weight excluding hydrogens is 262 g/mol. The molecule has 4 heteroatoms.